The van der Waals surface area contributed by atoms with Crippen molar-refractivity contribution in [1.82, 2.24) is 10.2 Å². The van der Waals surface area contributed by atoms with E-state index in [9.17, 15) is 14.4 Å². The van der Waals surface area contributed by atoms with Gasteiger partial charge in [-0.3, -0.25) is 9.59 Å². The van der Waals surface area contributed by atoms with Gasteiger partial charge in [0.1, 0.15) is 18.2 Å². The van der Waals surface area contributed by atoms with Crippen LogP contribution in [0.1, 0.15) is 62.3 Å². The third kappa shape index (κ3) is 7.69. The second-order valence-electron chi connectivity index (χ2n) is 11.1. The quantitative estimate of drug-likeness (QED) is 0.387. The van der Waals surface area contributed by atoms with Crippen LogP contribution in [0.3, 0.4) is 0 Å². The zero-order valence-corrected chi connectivity index (χ0v) is 23.0. The van der Waals surface area contributed by atoms with E-state index in [1.807, 2.05) is 85.8 Å². The molecule has 1 saturated heterocycles. The Kier molecular flexibility index (Phi) is 8.69. The fourth-order valence-electron chi connectivity index (χ4n) is 5.09. The Bertz CT molecular complexity index is 1290. The summed E-state index contributed by atoms with van der Waals surface area (Å²) in [6.07, 6.45) is 0.998. The van der Waals surface area contributed by atoms with Crippen molar-refractivity contribution in [2.75, 3.05) is 11.9 Å². The maximum atomic E-state index is 14.1. The van der Waals surface area contributed by atoms with Gasteiger partial charge in [-0.15, -0.1) is 0 Å². The summed E-state index contributed by atoms with van der Waals surface area (Å²) in [5.74, 6) is -0.835. The Morgan fingerprint density at radius 1 is 0.897 bits per heavy atom. The number of amides is 3. The highest BCUT2D eigenvalue weighted by atomic mass is 16.6. The number of hydrogen-bond acceptors (Lipinski definition) is 4. The third-order valence-corrected chi connectivity index (χ3v) is 6.74. The van der Waals surface area contributed by atoms with Gasteiger partial charge < -0.3 is 20.3 Å². The van der Waals surface area contributed by atoms with E-state index in [0.29, 0.717) is 18.5 Å². The number of carbonyl (C=O) groups is 3. The van der Waals surface area contributed by atoms with Gasteiger partial charge in [0.25, 0.3) is 0 Å². The number of benzene rings is 3. The maximum Gasteiger partial charge on any atom is 0.326 e. The molecule has 1 heterocycles. The largest absolute Gasteiger partial charge is 0.459 e. The third-order valence-electron chi connectivity index (χ3n) is 6.74. The molecular formula is C32H37N3O4. The molecule has 0 spiro atoms. The molecule has 3 unspecified atom stereocenters. The van der Waals surface area contributed by atoms with Crippen LogP contribution in [-0.4, -0.2) is 41.0 Å². The predicted octanol–water partition coefficient (Wildman–Crippen LogP) is 5.97. The highest BCUT2D eigenvalue weighted by molar-refractivity contribution is 5.95. The smallest absolute Gasteiger partial charge is 0.326 e. The molecule has 4 rings (SSSR count). The van der Waals surface area contributed by atoms with E-state index < -0.39 is 23.6 Å². The van der Waals surface area contributed by atoms with E-state index in [-0.39, 0.29) is 24.4 Å². The number of hydrogen-bond donors (Lipinski definition) is 2. The molecule has 3 amide bonds. The highest BCUT2D eigenvalue weighted by Gasteiger charge is 2.40. The van der Waals surface area contributed by atoms with Crippen LogP contribution in [0, 0.1) is 6.92 Å². The van der Waals surface area contributed by atoms with E-state index >= 15 is 0 Å². The molecule has 7 nitrogen and oxygen atoms in total. The second kappa shape index (κ2) is 12.2. The van der Waals surface area contributed by atoms with Crippen LogP contribution >= 0.6 is 0 Å². The van der Waals surface area contributed by atoms with Crippen molar-refractivity contribution in [3.05, 3.63) is 102 Å². The van der Waals surface area contributed by atoms with E-state index in [4.69, 9.17) is 4.74 Å². The van der Waals surface area contributed by atoms with Gasteiger partial charge >= 0.3 is 12.0 Å². The summed E-state index contributed by atoms with van der Waals surface area (Å²) < 4.78 is 5.60. The molecule has 204 valence electrons. The average molecular weight is 528 g/mol. The maximum absolute atomic E-state index is 14.1. The van der Waals surface area contributed by atoms with Gasteiger partial charge in [-0.25, -0.2) is 4.79 Å². The fraction of sp³-hybridized carbons (Fsp3) is 0.344. The van der Waals surface area contributed by atoms with E-state index in [2.05, 4.69) is 10.6 Å². The molecule has 7 heteroatoms. The summed E-state index contributed by atoms with van der Waals surface area (Å²) in [4.78, 5) is 41.8. The Hall–Kier alpha value is -4.13. The summed E-state index contributed by atoms with van der Waals surface area (Å²) in [6.45, 7) is 7.13. The molecule has 0 aromatic heterocycles. The van der Waals surface area contributed by atoms with Crippen molar-refractivity contribution in [3.63, 3.8) is 0 Å². The monoisotopic (exact) mass is 527 g/mol. The molecule has 3 aromatic rings. The van der Waals surface area contributed by atoms with Gasteiger partial charge in [-0.1, -0.05) is 72.8 Å². The van der Waals surface area contributed by atoms with Crippen LogP contribution in [-0.2, 0) is 14.3 Å². The molecule has 3 atom stereocenters. The van der Waals surface area contributed by atoms with E-state index in [1.54, 1.807) is 31.7 Å². The summed E-state index contributed by atoms with van der Waals surface area (Å²) in [5, 5.41) is 5.75. The minimum Gasteiger partial charge on any atom is -0.459 e. The van der Waals surface area contributed by atoms with Crippen molar-refractivity contribution < 1.29 is 19.1 Å². The summed E-state index contributed by atoms with van der Waals surface area (Å²) in [6, 6.07) is 25.5. The standard InChI is InChI=1S/C32H37N3O4/c1-22-12-11-17-26(18-22)33-31(38)34-27-19-25(23-13-7-5-8-14-23)20-28(24-15-9-6-10-16-24)35(30(27)37)21-29(36)39-32(2,3)4/h5-18,25,27-28H,19-21H2,1-4H3,(H2,33,34,38). The van der Waals surface area contributed by atoms with Gasteiger partial charge in [-0.2, -0.15) is 0 Å². The Morgan fingerprint density at radius 3 is 2.15 bits per heavy atom. The summed E-state index contributed by atoms with van der Waals surface area (Å²) >= 11 is 0. The molecule has 0 radical (unpaired) electrons. The summed E-state index contributed by atoms with van der Waals surface area (Å²) in [5.41, 5.74) is 2.97. The molecule has 1 fully saturated rings. The first-order chi connectivity index (χ1) is 18.6. The van der Waals surface area contributed by atoms with Crippen molar-refractivity contribution in [2.45, 2.75) is 64.1 Å². The van der Waals surface area contributed by atoms with Crippen molar-refractivity contribution in [2.24, 2.45) is 0 Å². The number of aryl methyl sites for hydroxylation is 1. The number of esters is 1. The van der Waals surface area contributed by atoms with Gasteiger partial charge in [-0.05, 0) is 75.3 Å². The molecular weight excluding hydrogens is 490 g/mol. The first kappa shape index (κ1) is 27.9. The van der Waals surface area contributed by atoms with Gasteiger partial charge in [0.05, 0.1) is 6.04 Å². The van der Waals surface area contributed by atoms with Crippen molar-refractivity contribution in [1.29, 1.82) is 0 Å². The number of rotatable bonds is 6. The lowest BCUT2D eigenvalue weighted by Gasteiger charge is -2.33. The minimum absolute atomic E-state index is 0.0340. The van der Waals surface area contributed by atoms with Crippen LogP contribution in [0.5, 0.6) is 0 Å². The molecule has 0 aliphatic carbocycles. The molecule has 2 N–H and O–H groups in total. The predicted molar refractivity (Wildman–Crippen MR) is 152 cm³/mol. The summed E-state index contributed by atoms with van der Waals surface area (Å²) in [7, 11) is 0. The van der Waals surface area contributed by atoms with E-state index in [1.165, 1.54) is 0 Å². The lowest BCUT2D eigenvalue weighted by molar-refractivity contribution is -0.160. The Morgan fingerprint density at radius 2 is 1.54 bits per heavy atom. The normalized spacial score (nSPS) is 19.6. The zero-order valence-electron chi connectivity index (χ0n) is 23.0. The minimum atomic E-state index is -0.837. The van der Waals surface area contributed by atoms with E-state index in [0.717, 1.165) is 16.7 Å². The van der Waals surface area contributed by atoms with Crippen LogP contribution in [0.15, 0.2) is 84.9 Å². The number of nitrogens with one attached hydrogen (secondary N) is 2. The highest BCUT2D eigenvalue weighted by Crippen LogP contribution is 2.39. The molecule has 1 aliphatic rings. The first-order valence-electron chi connectivity index (χ1n) is 13.4. The molecule has 39 heavy (non-hydrogen) atoms. The van der Waals surface area contributed by atoms with Crippen molar-refractivity contribution >= 4 is 23.6 Å². The number of carbonyl (C=O) groups excluding carboxylic acids is 3. The van der Waals surface area contributed by atoms with Gasteiger partial charge in [0.15, 0.2) is 0 Å². The number of likely N-dealkylation sites (tertiary alicyclic amines) is 1. The van der Waals surface area contributed by atoms with Crippen LogP contribution in [0.2, 0.25) is 0 Å². The second-order valence-corrected chi connectivity index (χ2v) is 11.1. The van der Waals surface area contributed by atoms with Gasteiger partial charge in [0, 0.05) is 5.69 Å². The zero-order chi connectivity index (χ0) is 28.0. The van der Waals surface area contributed by atoms with Crippen LogP contribution in [0.4, 0.5) is 10.5 Å². The SMILES string of the molecule is Cc1cccc(NC(=O)NC2CC(c3ccccc3)CC(c3ccccc3)N(CC(=O)OC(C)(C)C)C2=O)c1. The van der Waals surface area contributed by atoms with Crippen LogP contribution in [0.25, 0.3) is 0 Å². The molecule has 0 bridgehead atoms. The fourth-order valence-corrected chi connectivity index (χ4v) is 5.09. The Labute approximate surface area is 230 Å². The molecule has 0 saturated carbocycles. The van der Waals surface area contributed by atoms with Gasteiger partial charge in [0.2, 0.25) is 5.91 Å². The number of ether oxygens (including phenoxy) is 1. The van der Waals surface area contributed by atoms with Crippen LogP contribution < -0.4 is 10.6 Å². The molecule has 3 aromatic carbocycles. The first-order valence-corrected chi connectivity index (χ1v) is 13.4. The lowest BCUT2D eigenvalue weighted by Crippen LogP contribution is -2.51. The average Bonchev–Trinajstić information content (AvgIpc) is 3.01. The number of anilines is 1. The topological polar surface area (TPSA) is 87.7 Å². The molecule has 1 aliphatic heterocycles. The van der Waals surface area contributed by atoms with Crippen molar-refractivity contribution in [3.8, 4) is 0 Å². The number of nitrogens with zero attached hydrogens (tertiary/aromatic N) is 1. The Balaban J connectivity index is 1.68. The number of urea groups is 1. The lowest BCUT2D eigenvalue weighted by atomic mass is 9.86.